The summed E-state index contributed by atoms with van der Waals surface area (Å²) >= 11 is 1.07. The molecule has 3 rings (SSSR count). The zero-order valence-electron chi connectivity index (χ0n) is 16.3. The summed E-state index contributed by atoms with van der Waals surface area (Å²) in [5.74, 6) is -1.28. The van der Waals surface area contributed by atoms with Gasteiger partial charge in [-0.05, 0) is 12.5 Å². The van der Waals surface area contributed by atoms with Gasteiger partial charge in [0.1, 0.15) is 11.5 Å². The molecule has 1 fully saturated rings. The first kappa shape index (κ1) is 20.9. The lowest BCUT2D eigenvalue weighted by atomic mass is 10.1. The molecule has 1 unspecified atom stereocenters. The highest BCUT2D eigenvalue weighted by Crippen LogP contribution is 2.26. The maximum Gasteiger partial charge on any atom is 0.350 e. The van der Waals surface area contributed by atoms with Crippen molar-refractivity contribution in [2.45, 2.75) is 20.0 Å². The smallest absolute Gasteiger partial charge is 0.350 e. The maximum atomic E-state index is 12.5. The number of anilines is 1. The Bertz CT molecular complexity index is 883. The molecule has 0 spiro atoms. The minimum absolute atomic E-state index is 0.0669. The van der Waals surface area contributed by atoms with Crippen LogP contribution in [0.25, 0.3) is 0 Å². The van der Waals surface area contributed by atoms with Gasteiger partial charge in [-0.25, -0.2) is 9.78 Å². The molecule has 0 bridgehead atoms. The molecule has 0 aliphatic carbocycles. The van der Waals surface area contributed by atoms with Crippen LogP contribution in [0, 0.1) is 12.8 Å². The molecule has 0 saturated carbocycles. The molecule has 2 heterocycles. The fourth-order valence-electron chi connectivity index (χ4n) is 3.00. The third-order valence-corrected chi connectivity index (χ3v) is 5.63. The Labute approximate surface area is 172 Å². The van der Waals surface area contributed by atoms with Gasteiger partial charge in [-0.15, -0.1) is 0 Å². The van der Waals surface area contributed by atoms with Gasteiger partial charge >= 0.3 is 5.97 Å². The van der Waals surface area contributed by atoms with Crippen LogP contribution in [0.1, 0.15) is 27.3 Å². The minimum Gasteiger partial charge on any atom is -0.457 e. The fraction of sp³-hybridized carbons (Fsp3) is 0.400. The Morgan fingerprint density at radius 1 is 1.31 bits per heavy atom. The first-order valence-corrected chi connectivity index (χ1v) is 10.1. The number of amides is 2. The molecule has 1 saturated heterocycles. The van der Waals surface area contributed by atoms with Crippen molar-refractivity contribution in [3.05, 3.63) is 46.5 Å². The van der Waals surface area contributed by atoms with E-state index in [9.17, 15) is 14.4 Å². The van der Waals surface area contributed by atoms with Crippen LogP contribution in [-0.2, 0) is 25.7 Å². The number of hydrogen-bond acceptors (Lipinski definition) is 7. The highest BCUT2D eigenvalue weighted by Gasteiger charge is 2.34. The molecule has 8 nitrogen and oxygen atoms in total. The van der Waals surface area contributed by atoms with E-state index in [1.165, 1.54) is 0 Å². The molecule has 154 valence electrons. The van der Waals surface area contributed by atoms with E-state index < -0.39 is 11.9 Å². The molecule has 1 aromatic carbocycles. The van der Waals surface area contributed by atoms with Crippen LogP contribution < -0.4 is 5.32 Å². The van der Waals surface area contributed by atoms with Gasteiger partial charge in [-0.2, -0.15) is 0 Å². The van der Waals surface area contributed by atoms with Crippen molar-refractivity contribution >= 4 is 34.3 Å². The van der Waals surface area contributed by atoms with Crippen molar-refractivity contribution in [1.29, 1.82) is 0 Å². The van der Waals surface area contributed by atoms with E-state index >= 15 is 0 Å². The molecule has 1 aliphatic rings. The van der Waals surface area contributed by atoms with Crippen LogP contribution in [-0.4, -0.2) is 54.5 Å². The predicted molar refractivity (Wildman–Crippen MR) is 108 cm³/mol. The van der Waals surface area contributed by atoms with Crippen LogP contribution >= 0.6 is 11.3 Å². The van der Waals surface area contributed by atoms with Crippen LogP contribution in [0.4, 0.5) is 5.13 Å². The summed E-state index contributed by atoms with van der Waals surface area (Å²) in [5, 5.41) is 3.04. The third-order valence-electron chi connectivity index (χ3n) is 4.58. The van der Waals surface area contributed by atoms with Crippen molar-refractivity contribution in [2.75, 3.05) is 32.1 Å². The van der Waals surface area contributed by atoms with E-state index in [1.54, 1.807) is 18.9 Å². The topological polar surface area (TPSA) is 97.8 Å². The summed E-state index contributed by atoms with van der Waals surface area (Å²) < 4.78 is 10.3. The summed E-state index contributed by atoms with van der Waals surface area (Å²) in [4.78, 5) is 43.1. The van der Waals surface area contributed by atoms with Gasteiger partial charge in [0, 0.05) is 26.6 Å². The van der Waals surface area contributed by atoms with Gasteiger partial charge in [0.15, 0.2) is 5.13 Å². The quantitative estimate of drug-likeness (QED) is 0.662. The third kappa shape index (κ3) is 5.39. The molecule has 1 N–H and O–H groups in total. The van der Waals surface area contributed by atoms with Gasteiger partial charge in [0.2, 0.25) is 11.8 Å². The molecule has 29 heavy (non-hydrogen) atoms. The summed E-state index contributed by atoms with van der Waals surface area (Å²) in [6.45, 7) is 3.11. The summed E-state index contributed by atoms with van der Waals surface area (Å²) in [7, 11) is 1.57. The first-order valence-electron chi connectivity index (χ1n) is 9.24. The molecule has 9 heteroatoms. The summed E-state index contributed by atoms with van der Waals surface area (Å²) in [5.41, 5.74) is 1.38. The van der Waals surface area contributed by atoms with Crippen molar-refractivity contribution < 1.29 is 23.9 Å². The standard InChI is InChI=1S/C20H23N3O5S/c1-13-17(19(26)28-12-14-6-4-3-5-7-14)29-20(21-13)22-18(25)15-10-16(24)23(11-15)8-9-27-2/h3-7,15H,8-12H2,1-2H3,(H,21,22,25). The number of carbonyl (C=O) groups is 3. The number of carbonyl (C=O) groups excluding carboxylic acids is 3. The van der Waals surface area contributed by atoms with Gasteiger partial charge in [0.05, 0.1) is 18.2 Å². The van der Waals surface area contributed by atoms with Crippen molar-refractivity contribution in [1.82, 2.24) is 9.88 Å². The Morgan fingerprint density at radius 3 is 2.79 bits per heavy atom. The number of likely N-dealkylation sites (tertiary alicyclic amines) is 1. The summed E-state index contributed by atoms with van der Waals surface area (Å²) in [6.07, 6.45) is 0.159. The van der Waals surface area contributed by atoms with E-state index in [0.717, 1.165) is 16.9 Å². The minimum atomic E-state index is -0.480. The number of esters is 1. The summed E-state index contributed by atoms with van der Waals surface area (Å²) in [6, 6.07) is 9.38. The van der Waals surface area contributed by atoms with E-state index in [-0.39, 0.29) is 24.8 Å². The molecular formula is C20H23N3O5S. The number of benzene rings is 1. The number of nitrogens with one attached hydrogen (secondary N) is 1. The Balaban J connectivity index is 1.56. The lowest BCUT2D eigenvalue weighted by Gasteiger charge is -2.15. The number of methoxy groups -OCH3 is 1. The number of hydrogen-bond donors (Lipinski definition) is 1. The van der Waals surface area contributed by atoms with Crippen LogP contribution in [0.2, 0.25) is 0 Å². The molecule has 2 aromatic rings. The van der Waals surface area contributed by atoms with Crippen LogP contribution in [0.15, 0.2) is 30.3 Å². The Kier molecular flexibility index (Phi) is 6.95. The Morgan fingerprint density at radius 2 is 2.07 bits per heavy atom. The van der Waals surface area contributed by atoms with E-state index in [4.69, 9.17) is 9.47 Å². The zero-order valence-corrected chi connectivity index (χ0v) is 17.2. The number of aromatic nitrogens is 1. The van der Waals surface area contributed by atoms with Crippen LogP contribution in [0.5, 0.6) is 0 Å². The van der Waals surface area contributed by atoms with E-state index in [0.29, 0.717) is 35.4 Å². The maximum absolute atomic E-state index is 12.5. The first-order chi connectivity index (χ1) is 14.0. The van der Waals surface area contributed by atoms with Crippen molar-refractivity contribution in [3.8, 4) is 0 Å². The fourth-order valence-corrected chi connectivity index (χ4v) is 3.86. The van der Waals surface area contributed by atoms with E-state index in [1.807, 2.05) is 30.3 Å². The monoisotopic (exact) mass is 417 g/mol. The Hall–Kier alpha value is -2.78. The molecule has 1 aromatic heterocycles. The molecule has 1 atom stereocenters. The second-order valence-corrected chi connectivity index (χ2v) is 7.72. The van der Waals surface area contributed by atoms with E-state index in [2.05, 4.69) is 10.3 Å². The number of ether oxygens (including phenoxy) is 2. The SMILES string of the molecule is COCCN1CC(C(=O)Nc2nc(C)c(C(=O)OCc3ccccc3)s2)CC1=O. The number of nitrogens with zero attached hydrogens (tertiary/aromatic N) is 2. The zero-order chi connectivity index (χ0) is 20.8. The number of rotatable bonds is 8. The lowest BCUT2D eigenvalue weighted by Crippen LogP contribution is -2.30. The lowest BCUT2D eigenvalue weighted by molar-refractivity contribution is -0.128. The van der Waals surface area contributed by atoms with Gasteiger partial charge in [0.25, 0.3) is 0 Å². The average Bonchev–Trinajstić information content (AvgIpc) is 3.27. The largest absolute Gasteiger partial charge is 0.457 e. The average molecular weight is 417 g/mol. The van der Waals surface area contributed by atoms with Crippen LogP contribution in [0.3, 0.4) is 0 Å². The number of thiazole rings is 1. The molecule has 0 radical (unpaired) electrons. The normalized spacial score (nSPS) is 16.1. The molecular weight excluding hydrogens is 394 g/mol. The predicted octanol–water partition coefficient (Wildman–Crippen LogP) is 2.24. The van der Waals surface area contributed by atoms with Gasteiger partial charge in [-0.1, -0.05) is 41.7 Å². The second kappa shape index (κ2) is 9.62. The molecule has 1 aliphatic heterocycles. The highest BCUT2D eigenvalue weighted by atomic mass is 32.1. The van der Waals surface area contributed by atoms with Crippen molar-refractivity contribution in [3.63, 3.8) is 0 Å². The number of aryl methyl sites for hydroxylation is 1. The van der Waals surface area contributed by atoms with Gasteiger partial charge in [-0.3, -0.25) is 9.59 Å². The molecule has 2 amide bonds. The highest BCUT2D eigenvalue weighted by molar-refractivity contribution is 7.17. The van der Waals surface area contributed by atoms with Crippen molar-refractivity contribution in [2.24, 2.45) is 5.92 Å². The van der Waals surface area contributed by atoms with Gasteiger partial charge < -0.3 is 19.7 Å². The second-order valence-electron chi connectivity index (χ2n) is 6.72.